The summed E-state index contributed by atoms with van der Waals surface area (Å²) < 4.78 is 27.9. The Kier molecular flexibility index (Phi) is 4.60. The van der Waals surface area contributed by atoms with Gasteiger partial charge in [-0.1, -0.05) is 23.5 Å². The number of rotatable bonds is 4. The molecule has 0 spiro atoms. The lowest BCUT2D eigenvalue weighted by Gasteiger charge is -2.19. The lowest BCUT2D eigenvalue weighted by Crippen LogP contribution is -2.30. The molecule has 27 heavy (non-hydrogen) atoms. The second-order valence-corrected chi connectivity index (χ2v) is 6.81. The van der Waals surface area contributed by atoms with Gasteiger partial charge in [0.25, 0.3) is 5.91 Å². The fourth-order valence-corrected chi connectivity index (χ4v) is 3.62. The quantitative estimate of drug-likeness (QED) is 0.509. The fourth-order valence-electron chi connectivity index (χ4n) is 2.65. The van der Waals surface area contributed by atoms with E-state index in [0.717, 1.165) is 0 Å². The molecule has 4 rings (SSSR count). The van der Waals surface area contributed by atoms with Gasteiger partial charge in [0.2, 0.25) is 0 Å². The summed E-state index contributed by atoms with van der Waals surface area (Å²) in [5.74, 6) is -1.23. The minimum absolute atomic E-state index is 0.165. The maximum atomic E-state index is 14.0. The highest BCUT2D eigenvalue weighted by Gasteiger charge is 2.23. The van der Waals surface area contributed by atoms with Crippen molar-refractivity contribution in [1.82, 2.24) is 9.97 Å². The van der Waals surface area contributed by atoms with Crippen LogP contribution in [0.25, 0.3) is 10.2 Å². The van der Waals surface area contributed by atoms with Crippen LogP contribution < -0.4 is 4.90 Å². The average Bonchev–Trinajstić information content (AvgIpc) is 3.12. The summed E-state index contributed by atoms with van der Waals surface area (Å²) in [4.78, 5) is 23.1. The molecule has 0 saturated heterocycles. The maximum Gasteiger partial charge on any atom is 0.260 e. The van der Waals surface area contributed by atoms with E-state index >= 15 is 0 Å². The van der Waals surface area contributed by atoms with E-state index in [2.05, 4.69) is 9.97 Å². The van der Waals surface area contributed by atoms with Crippen LogP contribution in [0.15, 0.2) is 66.9 Å². The van der Waals surface area contributed by atoms with Gasteiger partial charge in [0.15, 0.2) is 5.13 Å². The summed E-state index contributed by atoms with van der Waals surface area (Å²) in [5, 5.41) is 0.357. The standard InChI is InChI=1S/C20H13F2N3OS/c21-14-9-7-13(8-10-14)19(26)25(12-15-4-1-2-11-23-15)20-24-18-16(22)5-3-6-17(18)27-20/h1-11H,12H2. The van der Waals surface area contributed by atoms with Gasteiger partial charge in [0, 0.05) is 11.8 Å². The Hall–Kier alpha value is -3.19. The number of fused-ring (bicyclic) bond motifs is 1. The molecule has 0 unspecified atom stereocenters. The first-order valence-electron chi connectivity index (χ1n) is 8.14. The molecule has 0 N–H and O–H groups in total. The molecule has 7 heteroatoms. The van der Waals surface area contributed by atoms with Gasteiger partial charge >= 0.3 is 0 Å². The van der Waals surface area contributed by atoms with Crippen molar-refractivity contribution in [2.24, 2.45) is 0 Å². The number of hydrogen-bond acceptors (Lipinski definition) is 4. The van der Waals surface area contributed by atoms with E-state index in [1.807, 2.05) is 6.07 Å². The van der Waals surface area contributed by atoms with Crippen LogP contribution in [0.2, 0.25) is 0 Å². The molecule has 0 atom stereocenters. The monoisotopic (exact) mass is 381 g/mol. The van der Waals surface area contributed by atoms with E-state index < -0.39 is 11.6 Å². The Morgan fingerprint density at radius 2 is 1.81 bits per heavy atom. The second-order valence-electron chi connectivity index (χ2n) is 5.80. The van der Waals surface area contributed by atoms with Crippen molar-refractivity contribution in [2.45, 2.75) is 6.54 Å². The summed E-state index contributed by atoms with van der Waals surface area (Å²) in [6.45, 7) is 0.165. The zero-order chi connectivity index (χ0) is 18.8. The van der Waals surface area contributed by atoms with Gasteiger partial charge in [-0.15, -0.1) is 0 Å². The number of para-hydroxylation sites is 1. The first-order valence-corrected chi connectivity index (χ1v) is 8.96. The molecule has 4 nitrogen and oxygen atoms in total. The van der Waals surface area contributed by atoms with Crippen molar-refractivity contribution in [3.8, 4) is 0 Å². The molecule has 2 heterocycles. The molecule has 4 aromatic rings. The summed E-state index contributed by atoms with van der Waals surface area (Å²) in [6, 6.07) is 15.4. The SMILES string of the molecule is O=C(c1ccc(F)cc1)N(Cc1ccccn1)c1nc2c(F)cccc2s1. The summed E-state index contributed by atoms with van der Waals surface area (Å²) in [6.07, 6.45) is 1.63. The van der Waals surface area contributed by atoms with E-state index in [4.69, 9.17) is 0 Å². The number of hydrogen-bond donors (Lipinski definition) is 0. The second kappa shape index (κ2) is 7.20. The van der Waals surface area contributed by atoms with Crippen molar-refractivity contribution in [1.29, 1.82) is 0 Å². The van der Waals surface area contributed by atoms with Crippen LogP contribution in [-0.4, -0.2) is 15.9 Å². The lowest BCUT2D eigenvalue weighted by molar-refractivity contribution is 0.0984. The van der Waals surface area contributed by atoms with Gasteiger partial charge in [-0.3, -0.25) is 14.7 Å². The first-order chi connectivity index (χ1) is 13.1. The highest BCUT2D eigenvalue weighted by Crippen LogP contribution is 2.31. The number of carbonyl (C=O) groups is 1. The van der Waals surface area contributed by atoms with E-state index in [9.17, 15) is 13.6 Å². The summed E-state index contributed by atoms with van der Waals surface area (Å²) in [7, 11) is 0. The van der Waals surface area contributed by atoms with Gasteiger partial charge in [0.1, 0.15) is 17.2 Å². The van der Waals surface area contributed by atoms with E-state index in [1.54, 1.807) is 30.5 Å². The van der Waals surface area contributed by atoms with Crippen LogP contribution in [0.4, 0.5) is 13.9 Å². The average molecular weight is 381 g/mol. The lowest BCUT2D eigenvalue weighted by atomic mass is 10.2. The normalized spacial score (nSPS) is 10.9. The van der Waals surface area contributed by atoms with Crippen LogP contribution in [-0.2, 0) is 6.54 Å². The number of amides is 1. The largest absolute Gasteiger partial charge is 0.278 e. The van der Waals surface area contributed by atoms with Crippen molar-refractivity contribution < 1.29 is 13.6 Å². The van der Waals surface area contributed by atoms with Gasteiger partial charge in [0.05, 0.1) is 16.9 Å². The molecule has 0 fully saturated rings. The molecule has 2 aromatic heterocycles. The highest BCUT2D eigenvalue weighted by molar-refractivity contribution is 7.22. The molecule has 0 aliphatic carbocycles. The number of halogens is 2. The number of pyridine rings is 1. The zero-order valence-electron chi connectivity index (χ0n) is 14.0. The third kappa shape index (κ3) is 3.54. The Morgan fingerprint density at radius 3 is 2.52 bits per heavy atom. The predicted molar refractivity (Wildman–Crippen MR) is 101 cm³/mol. The minimum atomic E-state index is -0.443. The van der Waals surface area contributed by atoms with E-state index in [1.165, 1.54) is 46.6 Å². The van der Waals surface area contributed by atoms with Gasteiger partial charge < -0.3 is 0 Å². The molecule has 2 aromatic carbocycles. The minimum Gasteiger partial charge on any atom is -0.278 e. The van der Waals surface area contributed by atoms with Crippen molar-refractivity contribution >= 4 is 32.6 Å². The van der Waals surface area contributed by atoms with Crippen molar-refractivity contribution in [3.63, 3.8) is 0 Å². The molecular weight excluding hydrogens is 368 g/mol. The number of anilines is 1. The maximum absolute atomic E-state index is 14.0. The summed E-state index contributed by atoms with van der Waals surface area (Å²) in [5.41, 5.74) is 1.19. The molecule has 134 valence electrons. The zero-order valence-corrected chi connectivity index (χ0v) is 14.8. The Morgan fingerprint density at radius 1 is 1.00 bits per heavy atom. The van der Waals surface area contributed by atoms with Gasteiger partial charge in [-0.25, -0.2) is 13.8 Å². The van der Waals surface area contributed by atoms with Gasteiger partial charge in [-0.05, 0) is 48.5 Å². The van der Waals surface area contributed by atoms with Crippen LogP contribution in [0.5, 0.6) is 0 Å². The summed E-state index contributed by atoms with van der Waals surface area (Å²) >= 11 is 1.22. The molecule has 0 bridgehead atoms. The van der Waals surface area contributed by atoms with Crippen molar-refractivity contribution in [3.05, 3.63) is 89.8 Å². The molecule has 1 amide bonds. The third-order valence-corrected chi connectivity index (χ3v) is 5.02. The Bertz CT molecular complexity index is 1100. The van der Waals surface area contributed by atoms with Crippen molar-refractivity contribution in [2.75, 3.05) is 4.90 Å². The van der Waals surface area contributed by atoms with Crippen LogP contribution in [0.1, 0.15) is 16.1 Å². The molecule has 0 aliphatic heterocycles. The highest BCUT2D eigenvalue weighted by atomic mass is 32.1. The molecular formula is C20H13F2N3OS. The molecule has 0 aliphatic rings. The number of carbonyl (C=O) groups excluding carboxylic acids is 1. The number of nitrogens with zero attached hydrogens (tertiary/aromatic N) is 3. The molecule has 0 radical (unpaired) electrons. The predicted octanol–water partition coefficient (Wildman–Crippen LogP) is 4.82. The smallest absolute Gasteiger partial charge is 0.260 e. The number of thiazole rings is 1. The number of aromatic nitrogens is 2. The van der Waals surface area contributed by atoms with Crippen LogP contribution in [0, 0.1) is 11.6 Å². The van der Waals surface area contributed by atoms with Gasteiger partial charge in [-0.2, -0.15) is 0 Å². The van der Waals surface area contributed by atoms with Crippen LogP contribution >= 0.6 is 11.3 Å². The van der Waals surface area contributed by atoms with Crippen LogP contribution in [0.3, 0.4) is 0 Å². The van der Waals surface area contributed by atoms with E-state index in [-0.39, 0.29) is 18.0 Å². The molecule has 0 saturated carbocycles. The first kappa shape index (κ1) is 17.2. The topological polar surface area (TPSA) is 46.1 Å². The van der Waals surface area contributed by atoms with E-state index in [0.29, 0.717) is 21.1 Å². The third-order valence-electron chi connectivity index (χ3n) is 3.97. The Balaban J connectivity index is 1.78. The Labute approximate surface area is 157 Å². The number of benzene rings is 2. The fraction of sp³-hybridized carbons (Fsp3) is 0.0500.